The topological polar surface area (TPSA) is 113 Å². The van der Waals surface area contributed by atoms with E-state index in [4.69, 9.17) is 5.11 Å². The quantitative estimate of drug-likeness (QED) is 0.507. The van der Waals surface area contributed by atoms with Crippen molar-refractivity contribution >= 4 is 17.7 Å². The van der Waals surface area contributed by atoms with Crippen LogP contribution in [0.4, 0.5) is 5.69 Å². The minimum atomic E-state index is -1.14. The molecule has 0 radical (unpaired) electrons. The van der Waals surface area contributed by atoms with Gasteiger partial charge in [-0.05, 0) is 35.9 Å². The van der Waals surface area contributed by atoms with Gasteiger partial charge in [0.15, 0.2) is 0 Å². The van der Waals surface area contributed by atoms with Crippen LogP contribution in [0.2, 0.25) is 0 Å². The van der Waals surface area contributed by atoms with Gasteiger partial charge in [-0.25, -0.2) is 4.79 Å². The van der Waals surface area contributed by atoms with Crippen molar-refractivity contribution in [2.45, 2.75) is 0 Å². The molecular formula is C14H10N2O5. The van der Waals surface area contributed by atoms with Gasteiger partial charge >= 0.3 is 5.97 Å². The predicted molar refractivity (Wildman–Crippen MR) is 75.8 cm³/mol. The lowest BCUT2D eigenvalue weighted by atomic mass is 10.1. The number of non-ortho nitro benzene ring substituents is 1. The Morgan fingerprint density at radius 3 is 2.38 bits per heavy atom. The summed E-state index contributed by atoms with van der Waals surface area (Å²) >= 11 is 0. The number of benzene rings is 1. The SMILES string of the molecule is O=C(O)/C=C/c1ccc(-c2ccc([N+](=O)[O-])cc2)[nH]c1=O. The number of aliphatic carboxylic acids is 1. The Morgan fingerprint density at radius 1 is 1.19 bits per heavy atom. The monoisotopic (exact) mass is 286 g/mol. The van der Waals surface area contributed by atoms with Crippen molar-refractivity contribution in [3.05, 3.63) is 68.5 Å². The van der Waals surface area contributed by atoms with E-state index < -0.39 is 16.5 Å². The summed E-state index contributed by atoms with van der Waals surface area (Å²) in [6.45, 7) is 0. The lowest BCUT2D eigenvalue weighted by molar-refractivity contribution is -0.384. The van der Waals surface area contributed by atoms with E-state index in [9.17, 15) is 19.7 Å². The summed E-state index contributed by atoms with van der Waals surface area (Å²) in [5, 5.41) is 19.1. The summed E-state index contributed by atoms with van der Waals surface area (Å²) in [4.78, 5) is 34.9. The van der Waals surface area contributed by atoms with Gasteiger partial charge in [0.1, 0.15) is 0 Å². The number of hydrogen-bond acceptors (Lipinski definition) is 4. The molecule has 0 spiro atoms. The van der Waals surface area contributed by atoms with Crippen molar-refractivity contribution < 1.29 is 14.8 Å². The number of nitrogens with zero attached hydrogens (tertiary/aromatic N) is 1. The van der Waals surface area contributed by atoms with E-state index in [1.54, 1.807) is 6.07 Å². The van der Waals surface area contributed by atoms with Gasteiger partial charge < -0.3 is 10.1 Å². The minimum Gasteiger partial charge on any atom is -0.478 e. The smallest absolute Gasteiger partial charge is 0.328 e. The standard InChI is InChI=1S/C14H10N2O5/c17-13(18)8-4-10-3-7-12(15-14(10)19)9-1-5-11(6-2-9)16(20)21/h1-8H,(H,15,19)(H,17,18)/b8-4+. The van der Waals surface area contributed by atoms with Crippen molar-refractivity contribution in [3.8, 4) is 11.3 Å². The van der Waals surface area contributed by atoms with Gasteiger partial charge in [0.05, 0.1) is 4.92 Å². The van der Waals surface area contributed by atoms with Gasteiger partial charge in [-0.15, -0.1) is 0 Å². The van der Waals surface area contributed by atoms with E-state index in [0.717, 1.165) is 6.08 Å². The predicted octanol–water partition coefficient (Wildman–Crippen LogP) is 2.05. The summed E-state index contributed by atoms with van der Waals surface area (Å²) in [6, 6.07) is 8.81. The van der Waals surface area contributed by atoms with Crippen LogP contribution in [0.25, 0.3) is 17.3 Å². The lowest BCUT2D eigenvalue weighted by Gasteiger charge is -2.02. The Kier molecular flexibility index (Phi) is 3.94. The molecule has 0 saturated carbocycles. The van der Waals surface area contributed by atoms with E-state index in [-0.39, 0.29) is 11.3 Å². The van der Waals surface area contributed by atoms with Crippen LogP contribution in [0.1, 0.15) is 5.56 Å². The fraction of sp³-hybridized carbons (Fsp3) is 0. The zero-order chi connectivity index (χ0) is 15.4. The van der Waals surface area contributed by atoms with Crippen molar-refractivity contribution in [3.63, 3.8) is 0 Å². The first-order chi connectivity index (χ1) is 9.97. The van der Waals surface area contributed by atoms with Gasteiger partial charge in [-0.3, -0.25) is 14.9 Å². The first kappa shape index (κ1) is 14.2. The van der Waals surface area contributed by atoms with Crippen LogP contribution in [-0.2, 0) is 4.79 Å². The van der Waals surface area contributed by atoms with Gasteiger partial charge in [0.25, 0.3) is 11.2 Å². The largest absolute Gasteiger partial charge is 0.478 e. The molecule has 106 valence electrons. The number of pyridine rings is 1. The summed E-state index contributed by atoms with van der Waals surface area (Å²) in [6.07, 6.45) is 2.07. The molecule has 2 N–H and O–H groups in total. The zero-order valence-corrected chi connectivity index (χ0v) is 10.6. The normalized spacial score (nSPS) is 10.7. The van der Waals surface area contributed by atoms with E-state index in [1.165, 1.54) is 36.4 Å². The molecule has 0 aliphatic carbocycles. The minimum absolute atomic E-state index is 0.0397. The van der Waals surface area contributed by atoms with Crippen molar-refractivity contribution in [1.29, 1.82) is 0 Å². The van der Waals surface area contributed by atoms with Crippen LogP contribution >= 0.6 is 0 Å². The number of nitrogens with one attached hydrogen (secondary N) is 1. The molecule has 0 bridgehead atoms. The maximum atomic E-state index is 11.8. The van der Waals surface area contributed by atoms with Crippen molar-refractivity contribution in [1.82, 2.24) is 4.98 Å². The number of H-pyrrole nitrogens is 1. The molecule has 21 heavy (non-hydrogen) atoms. The highest BCUT2D eigenvalue weighted by Crippen LogP contribution is 2.19. The fourth-order valence-electron chi connectivity index (χ4n) is 1.71. The highest BCUT2D eigenvalue weighted by molar-refractivity contribution is 5.85. The molecule has 2 aromatic rings. The number of carboxylic acid groups (broad SMARTS) is 1. The third kappa shape index (κ3) is 3.41. The number of nitro groups is 1. The Bertz CT molecular complexity index is 775. The van der Waals surface area contributed by atoms with E-state index in [1.807, 2.05) is 0 Å². The maximum absolute atomic E-state index is 11.8. The Morgan fingerprint density at radius 2 is 1.86 bits per heavy atom. The maximum Gasteiger partial charge on any atom is 0.328 e. The van der Waals surface area contributed by atoms with Crippen LogP contribution in [0, 0.1) is 10.1 Å². The number of carboxylic acids is 1. The third-order valence-corrected chi connectivity index (χ3v) is 2.73. The van der Waals surface area contributed by atoms with Crippen LogP contribution in [0.3, 0.4) is 0 Å². The molecule has 7 heteroatoms. The van der Waals surface area contributed by atoms with Crippen LogP contribution in [0.5, 0.6) is 0 Å². The van der Waals surface area contributed by atoms with Gasteiger partial charge in [0.2, 0.25) is 0 Å². The zero-order valence-electron chi connectivity index (χ0n) is 10.6. The van der Waals surface area contributed by atoms with Crippen LogP contribution in [-0.4, -0.2) is 21.0 Å². The third-order valence-electron chi connectivity index (χ3n) is 2.73. The average molecular weight is 286 g/mol. The molecular weight excluding hydrogens is 276 g/mol. The summed E-state index contributed by atoms with van der Waals surface area (Å²) < 4.78 is 0. The van der Waals surface area contributed by atoms with Crippen molar-refractivity contribution in [2.75, 3.05) is 0 Å². The number of hydrogen-bond donors (Lipinski definition) is 2. The van der Waals surface area contributed by atoms with Gasteiger partial charge in [-0.1, -0.05) is 0 Å². The fourth-order valence-corrected chi connectivity index (χ4v) is 1.71. The number of carbonyl (C=O) groups is 1. The second-order valence-electron chi connectivity index (χ2n) is 4.13. The number of rotatable bonds is 4. The highest BCUT2D eigenvalue weighted by atomic mass is 16.6. The van der Waals surface area contributed by atoms with E-state index in [2.05, 4.69) is 4.98 Å². The number of nitro benzene ring substituents is 1. The van der Waals surface area contributed by atoms with Gasteiger partial charge in [0, 0.05) is 29.5 Å². The molecule has 2 rings (SSSR count). The number of aromatic amines is 1. The summed E-state index contributed by atoms with van der Waals surface area (Å²) in [5.74, 6) is -1.14. The second kappa shape index (κ2) is 5.83. The van der Waals surface area contributed by atoms with E-state index in [0.29, 0.717) is 11.3 Å². The van der Waals surface area contributed by atoms with E-state index >= 15 is 0 Å². The molecule has 0 saturated heterocycles. The molecule has 1 heterocycles. The van der Waals surface area contributed by atoms with Gasteiger partial charge in [-0.2, -0.15) is 0 Å². The molecule has 7 nitrogen and oxygen atoms in total. The molecule has 1 aromatic carbocycles. The molecule has 0 unspecified atom stereocenters. The average Bonchev–Trinajstić information content (AvgIpc) is 2.46. The molecule has 0 aliphatic heterocycles. The first-order valence-corrected chi connectivity index (χ1v) is 5.86. The summed E-state index contributed by atoms with van der Waals surface area (Å²) in [7, 11) is 0. The highest BCUT2D eigenvalue weighted by Gasteiger charge is 2.06. The first-order valence-electron chi connectivity index (χ1n) is 5.86. The second-order valence-corrected chi connectivity index (χ2v) is 4.13. The molecule has 0 amide bonds. The lowest BCUT2D eigenvalue weighted by Crippen LogP contribution is -2.09. The Hall–Kier alpha value is -3.22. The molecule has 0 aliphatic rings. The summed E-state index contributed by atoms with van der Waals surface area (Å²) in [5.41, 5.74) is 0.836. The Balaban J connectivity index is 2.33. The Labute approximate surface area is 118 Å². The van der Waals surface area contributed by atoms with Crippen molar-refractivity contribution in [2.24, 2.45) is 0 Å². The number of aromatic nitrogens is 1. The molecule has 0 fully saturated rings. The van der Waals surface area contributed by atoms with Crippen LogP contribution in [0.15, 0.2) is 47.3 Å². The molecule has 1 aromatic heterocycles. The van der Waals surface area contributed by atoms with Crippen LogP contribution < -0.4 is 5.56 Å². The molecule has 0 atom stereocenters.